The molecule has 2 saturated carbocycles. The second-order valence-corrected chi connectivity index (χ2v) is 11.2. The first-order chi connectivity index (χ1) is 11.7. The van der Waals surface area contributed by atoms with E-state index in [9.17, 15) is 0 Å². The average molecular weight is 357 g/mol. The Morgan fingerprint density at radius 3 is 1.58 bits per heavy atom. The highest BCUT2D eigenvalue weighted by Gasteiger charge is 2.42. The fourth-order valence-corrected chi connectivity index (χ4v) is 7.27. The van der Waals surface area contributed by atoms with Crippen molar-refractivity contribution in [1.29, 1.82) is 0 Å². The fraction of sp³-hybridized carbons (Fsp3) is 1.00. The Morgan fingerprint density at radius 2 is 1.17 bits per heavy atom. The Balaban J connectivity index is 1.71. The second-order valence-electron chi connectivity index (χ2n) is 8.20. The van der Waals surface area contributed by atoms with E-state index in [2.05, 4.69) is 6.92 Å². The van der Waals surface area contributed by atoms with Gasteiger partial charge in [-0.2, -0.15) is 0 Å². The van der Waals surface area contributed by atoms with Crippen LogP contribution in [0.2, 0.25) is 6.04 Å². The van der Waals surface area contributed by atoms with Gasteiger partial charge >= 0.3 is 8.80 Å². The maximum absolute atomic E-state index is 5.62. The van der Waals surface area contributed by atoms with Crippen molar-refractivity contribution in [3.63, 3.8) is 0 Å². The lowest BCUT2D eigenvalue weighted by atomic mass is 9.69. The monoisotopic (exact) mass is 356 g/mol. The molecule has 24 heavy (non-hydrogen) atoms. The third-order valence-electron chi connectivity index (χ3n) is 6.89. The Bertz CT molecular complexity index is 322. The Morgan fingerprint density at radius 1 is 0.708 bits per heavy atom. The molecule has 0 unspecified atom stereocenters. The minimum Gasteiger partial charge on any atom is -0.377 e. The molecule has 0 aliphatic heterocycles. The molecule has 2 rings (SSSR count). The van der Waals surface area contributed by atoms with Crippen molar-refractivity contribution in [1.82, 2.24) is 0 Å². The van der Waals surface area contributed by atoms with Gasteiger partial charge in [0.25, 0.3) is 0 Å². The topological polar surface area (TPSA) is 27.7 Å². The van der Waals surface area contributed by atoms with Gasteiger partial charge in [0.05, 0.1) is 0 Å². The first kappa shape index (κ1) is 20.4. The summed E-state index contributed by atoms with van der Waals surface area (Å²) in [5, 5.41) is 0. The van der Waals surface area contributed by atoms with Gasteiger partial charge < -0.3 is 13.3 Å². The van der Waals surface area contributed by atoms with Gasteiger partial charge in [-0.15, -0.1) is 0 Å². The maximum Gasteiger partial charge on any atom is 0.500 e. The molecule has 2 aliphatic carbocycles. The van der Waals surface area contributed by atoms with Gasteiger partial charge in [-0.3, -0.25) is 0 Å². The molecule has 0 heterocycles. The zero-order valence-corrected chi connectivity index (χ0v) is 17.5. The molecule has 0 saturated heterocycles. The van der Waals surface area contributed by atoms with Crippen LogP contribution in [0.15, 0.2) is 0 Å². The Kier molecular flexibility index (Phi) is 8.76. The molecule has 4 heteroatoms. The van der Waals surface area contributed by atoms with Crippen LogP contribution in [0.4, 0.5) is 0 Å². The van der Waals surface area contributed by atoms with Crippen molar-refractivity contribution in [3.05, 3.63) is 0 Å². The van der Waals surface area contributed by atoms with Gasteiger partial charge in [-0.25, -0.2) is 0 Å². The number of hydrogen-bond donors (Lipinski definition) is 0. The van der Waals surface area contributed by atoms with Crippen LogP contribution in [0, 0.1) is 23.7 Å². The number of rotatable bonds is 9. The van der Waals surface area contributed by atoms with Gasteiger partial charge in [-0.1, -0.05) is 51.9 Å². The number of unbranched alkanes of at least 4 members (excludes halogenated alkanes) is 1. The van der Waals surface area contributed by atoms with Gasteiger partial charge in [0.15, 0.2) is 0 Å². The predicted octanol–water partition coefficient (Wildman–Crippen LogP) is 5.67. The zero-order chi connectivity index (χ0) is 17.4. The largest absolute Gasteiger partial charge is 0.500 e. The molecule has 0 N–H and O–H groups in total. The van der Waals surface area contributed by atoms with E-state index in [-0.39, 0.29) is 0 Å². The van der Waals surface area contributed by atoms with Gasteiger partial charge in [-0.05, 0) is 49.4 Å². The van der Waals surface area contributed by atoms with Gasteiger partial charge in [0.2, 0.25) is 0 Å². The lowest BCUT2D eigenvalue weighted by Crippen LogP contribution is -2.45. The smallest absolute Gasteiger partial charge is 0.377 e. The van der Waals surface area contributed by atoms with E-state index < -0.39 is 8.80 Å². The summed E-state index contributed by atoms with van der Waals surface area (Å²) in [5.74, 6) is 3.76. The van der Waals surface area contributed by atoms with Crippen molar-refractivity contribution in [2.75, 3.05) is 21.3 Å². The SMILES string of the molecule is CCCC[C@H]1CC[C@H]([C@H]2CC[C@H](C[Si](OC)(OC)OC)CC2)CC1. The second kappa shape index (κ2) is 10.3. The molecule has 0 amide bonds. The fourth-order valence-electron chi connectivity index (χ4n) is 5.16. The molecule has 0 aromatic heterocycles. The summed E-state index contributed by atoms with van der Waals surface area (Å²) in [6.45, 7) is 2.32. The normalized spacial score (nSPS) is 32.0. The third kappa shape index (κ3) is 5.55. The van der Waals surface area contributed by atoms with Crippen molar-refractivity contribution < 1.29 is 13.3 Å². The van der Waals surface area contributed by atoms with Crippen LogP contribution < -0.4 is 0 Å². The van der Waals surface area contributed by atoms with Gasteiger partial charge in [0.1, 0.15) is 0 Å². The molecule has 0 atom stereocenters. The molecule has 2 aliphatic rings. The van der Waals surface area contributed by atoms with Gasteiger partial charge in [0, 0.05) is 27.4 Å². The van der Waals surface area contributed by atoms with Crippen molar-refractivity contribution in [2.24, 2.45) is 23.7 Å². The molecule has 2 fully saturated rings. The highest BCUT2D eigenvalue weighted by molar-refractivity contribution is 6.60. The molecular formula is C20H40O3Si. The predicted molar refractivity (Wildman–Crippen MR) is 102 cm³/mol. The molecular weight excluding hydrogens is 316 g/mol. The van der Waals surface area contributed by atoms with Crippen LogP contribution in [0.25, 0.3) is 0 Å². The first-order valence-corrected chi connectivity index (χ1v) is 12.2. The zero-order valence-electron chi connectivity index (χ0n) is 16.5. The van der Waals surface area contributed by atoms with E-state index >= 15 is 0 Å². The third-order valence-corrected chi connectivity index (χ3v) is 9.83. The lowest BCUT2D eigenvalue weighted by Gasteiger charge is -2.39. The lowest BCUT2D eigenvalue weighted by molar-refractivity contribution is 0.105. The molecule has 0 radical (unpaired) electrons. The van der Waals surface area contributed by atoms with Crippen molar-refractivity contribution in [3.8, 4) is 0 Å². The highest BCUT2D eigenvalue weighted by Crippen LogP contribution is 2.43. The van der Waals surface area contributed by atoms with Crippen LogP contribution in [-0.4, -0.2) is 30.1 Å². The van der Waals surface area contributed by atoms with E-state index in [0.29, 0.717) is 0 Å². The summed E-state index contributed by atoms with van der Waals surface area (Å²) in [6.07, 6.45) is 15.8. The minimum absolute atomic E-state index is 0.730. The standard InChI is InChI=1S/C20H40O3Si/c1-5-6-7-17-8-12-19(13-9-17)20-14-10-18(11-15-20)16-24(21-2,22-3)23-4/h17-20H,5-16H2,1-4H3/t17-,18-,19-,20-. The van der Waals surface area contributed by atoms with E-state index in [4.69, 9.17) is 13.3 Å². The van der Waals surface area contributed by atoms with Crippen molar-refractivity contribution >= 4 is 8.80 Å². The molecule has 0 bridgehead atoms. The van der Waals surface area contributed by atoms with Crippen LogP contribution in [0.1, 0.15) is 77.6 Å². The molecule has 0 aromatic rings. The summed E-state index contributed by atoms with van der Waals surface area (Å²) >= 11 is 0. The van der Waals surface area contributed by atoms with E-state index in [0.717, 1.165) is 29.7 Å². The minimum atomic E-state index is -2.39. The summed E-state index contributed by atoms with van der Waals surface area (Å²) in [6, 6.07) is 0.993. The Hall–Kier alpha value is 0.0969. The highest BCUT2D eigenvalue weighted by atomic mass is 28.4. The van der Waals surface area contributed by atoms with E-state index in [1.54, 1.807) is 21.3 Å². The van der Waals surface area contributed by atoms with Crippen LogP contribution >= 0.6 is 0 Å². The summed E-state index contributed by atoms with van der Waals surface area (Å²) < 4.78 is 16.9. The summed E-state index contributed by atoms with van der Waals surface area (Å²) in [5.41, 5.74) is 0. The van der Waals surface area contributed by atoms with E-state index in [1.807, 2.05) is 0 Å². The number of hydrogen-bond acceptors (Lipinski definition) is 3. The van der Waals surface area contributed by atoms with E-state index in [1.165, 1.54) is 70.6 Å². The molecule has 3 nitrogen and oxygen atoms in total. The van der Waals surface area contributed by atoms with Crippen LogP contribution in [-0.2, 0) is 13.3 Å². The molecule has 0 aromatic carbocycles. The van der Waals surface area contributed by atoms with Crippen molar-refractivity contribution in [2.45, 2.75) is 83.6 Å². The summed E-state index contributed by atoms with van der Waals surface area (Å²) in [4.78, 5) is 0. The summed E-state index contributed by atoms with van der Waals surface area (Å²) in [7, 11) is 2.83. The Labute approximate surface area is 151 Å². The quantitative estimate of drug-likeness (QED) is 0.498. The first-order valence-electron chi connectivity index (χ1n) is 10.3. The van der Waals surface area contributed by atoms with Crippen LogP contribution in [0.3, 0.4) is 0 Å². The average Bonchev–Trinajstić information content (AvgIpc) is 2.65. The van der Waals surface area contributed by atoms with Crippen LogP contribution in [0.5, 0.6) is 0 Å². The molecule has 142 valence electrons. The maximum atomic E-state index is 5.62. The molecule has 0 spiro atoms.